The summed E-state index contributed by atoms with van der Waals surface area (Å²) in [5, 5.41) is 0. The Morgan fingerprint density at radius 1 is 0.857 bits per heavy atom. The van der Waals surface area contributed by atoms with Gasteiger partial charge in [0.05, 0.1) is 0 Å². The van der Waals surface area contributed by atoms with Crippen LogP contribution in [0.1, 0.15) is 67.2 Å². The molecule has 0 aliphatic rings. The number of carbonyl (C=O) groups excluding carboxylic acids is 1. The van der Waals surface area contributed by atoms with E-state index in [1.807, 2.05) is 0 Å². The van der Waals surface area contributed by atoms with Gasteiger partial charge in [-0.3, -0.25) is 4.79 Å². The van der Waals surface area contributed by atoms with Crippen LogP contribution >= 0.6 is 0 Å². The molecule has 0 unspecified atom stereocenters. The monoisotopic (exact) mass is 198 g/mol. The van der Waals surface area contributed by atoms with Crippen molar-refractivity contribution >= 4 is 5.78 Å². The van der Waals surface area contributed by atoms with E-state index in [1.54, 1.807) is 0 Å². The van der Waals surface area contributed by atoms with Crippen LogP contribution in [0.3, 0.4) is 0 Å². The Balaban J connectivity index is 4.12. The fourth-order valence-corrected chi connectivity index (χ4v) is 1.38. The predicted octanol–water partition coefficient (Wildman–Crippen LogP) is 4.21. The molecule has 0 aliphatic carbocycles. The topological polar surface area (TPSA) is 17.1 Å². The van der Waals surface area contributed by atoms with E-state index in [0.29, 0.717) is 5.78 Å². The van der Waals surface area contributed by atoms with E-state index in [2.05, 4.69) is 41.5 Å². The van der Waals surface area contributed by atoms with Crippen LogP contribution in [0.4, 0.5) is 0 Å². The first kappa shape index (κ1) is 13.7. The van der Waals surface area contributed by atoms with Crippen LogP contribution in [-0.4, -0.2) is 5.78 Å². The van der Waals surface area contributed by atoms with Gasteiger partial charge in [0.25, 0.3) is 0 Å². The van der Waals surface area contributed by atoms with E-state index in [1.165, 1.54) is 0 Å². The Morgan fingerprint density at radius 2 is 1.14 bits per heavy atom. The third-order valence-electron chi connectivity index (χ3n) is 3.27. The summed E-state index contributed by atoms with van der Waals surface area (Å²) in [6.07, 6.45) is 3.61. The first-order valence-electron chi connectivity index (χ1n) is 5.74. The maximum absolute atomic E-state index is 11.8. The lowest BCUT2D eigenvalue weighted by atomic mass is 9.78. The van der Waals surface area contributed by atoms with Crippen molar-refractivity contribution in [2.24, 2.45) is 10.8 Å². The lowest BCUT2D eigenvalue weighted by Gasteiger charge is -2.26. The van der Waals surface area contributed by atoms with Crippen molar-refractivity contribution in [3.05, 3.63) is 0 Å². The van der Waals surface area contributed by atoms with Gasteiger partial charge < -0.3 is 0 Å². The first-order chi connectivity index (χ1) is 6.22. The highest BCUT2D eigenvalue weighted by Gasteiger charge is 2.24. The largest absolute Gasteiger partial charge is 0.300 e. The molecular formula is C13H26O. The Hall–Kier alpha value is -0.330. The number of Topliss-reactive ketones (excluding diaryl/α,β-unsaturated/α-hetero) is 1. The minimum absolute atomic E-state index is 0.181. The minimum Gasteiger partial charge on any atom is -0.300 e. The van der Waals surface area contributed by atoms with E-state index < -0.39 is 0 Å². The van der Waals surface area contributed by atoms with Crippen molar-refractivity contribution in [2.75, 3.05) is 0 Å². The van der Waals surface area contributed by atoms with Gasteiger partial charge >= 0.3 is 0 Å². The van der Waals surface area contributed by atoms with E-state index in [0.717, 1.165) is 25.7 Å². The van der Waals surface area contributed by atoms with Gasteiger partial charge in [0, 0.05) is 12.8 Å². The normalized spacial score (nSPS) is 13.0. The maximum Gasteiger partial charge on any atom is 0.133 e. The van der Waals surface area contributed by atoms with E-state index in [4.69, 9.17) is 0 Å². The van der Waals surface area contributed by atoms with Crippen LogP contribution < -0.4 is 0 Å². The molecule has 0 aromatic carbocycles. The van der Waals surface area contributed by atoms with E-state index >= 15 is 0 Å². The molecule has 0 aromatic rings. The Kier molecular flexibility index (Phi) is 4.83. The van der Waals surface area contributed by atoms with Gasteiger partial charge in [-0.05, 0) is 10.8 Å². The smallest absolute Gasteiger partial charge is 0.133 e. The number of hydrogen-bond donors (Lipinski definition) is 0. The number of hydrogen-bond acceptors (Lipinski definition) is 1. The highest BCUT2D eigenvalue weighted by Crippen LogP contribution is 2.30. The van der Waals surface area contributed by atoms with E-state index in [9.17, 15) is 4.79 Å². The van der Waals surface area contributed by atoms with Gasteiger partial charge in [-0.2, -0.15) is 0 Å². The molecule has 0 fully saturated rings. The zero-order valence-electron chi connectivity index (χ0n) is 10.7. The molecule has 0 saturated carbocycles. The summed E-state index contributed by atoms with van der Waals surface area (Å²) in [4.78, 5) is 11.8. The van der Waals surface area contributed by atoms with Crippen LogP contribution in [0, 0.1) is 10.8 Å². The van der Waals surface area contributed by atoms with Crippen molar-refractivity contribution in [1.82, 2.24) is 0 Å². The molecule has 0 saturated heterocycles. The van der Waals surface area contributed by atoms with Crippen LogP contribution in [0.15, 0.2) is 0 Å². The van der Waals surface area contributed by atoms with Gasteiger partial charge in [-0.25, -0.2) is 0 Å². The Bertz CT molecular complexity index is 169. The maximum atomic E-state index is 11.8. The summed E-state index contributed by atoms with van der Waals surface area (Å²) in [6, 6.07) is 0. The standard InChI is InChI=1S/C13H26O/c1-7-12(3,4)9-11(14)10-13(5,6)8-2/h7-10H2,1-6H3. The second kappa shape index (κ2) is 4.95. The van der Waals surface area contributed by atoms with Crippen molar-refractivity contribution in [3.63, 3.8) is 0 Å². The van der Waals surface area contributed by atoms with Crippen molar-refractivity contribution in [2.45, 2.75) is 67.2 Å². The summed E-state index contributed by atoms with van der Waals surface area (Å²) in [7, 11) is 0. The molecule has 0 amide bonds. The second-order valence-electron chi connectivity index (χ2n) is 5.93. The number of rotatable bonds is 6. The van der Waals surface area contributed by atoms with Crippen molar-refractivity contribution in [1.29, 1.82) is 0 Å². The molecule has 1 heteroatoms. The third kappa shape index (κ3) is 5.41. The highest BCUT2D eigenvalue weighted by atomic mass is 16.1. The summed E-state index contributed by atoms with van der Waals surface area (Å²) in [6.45, 7) is 13.0. The van der Waals surface area contributed by atoms with Crippen LogP contribution in [0.25, 0.3) is 0 Å². The quantitative estimate of drug-likeness (QED) is 0.625. The van der Waals surface area contributed by atoms with Crippen molar-refractivity contribution < 1.29 is 4.79 Å². The van der Waals surface area contributed by atoms with Gasteiger partial charge in [0.2, 0.25) is 0 Å². The van der Waals surface area contributed by atoms with Crippen LogP contribution in [0.2, 0.25) is 0 Å². The zero-order chi connectivity index (χ0) is 11.4. The van der Waals surface area contributed by atoms with Gasteiger partial charge in [-0.1, -0.05) is 54.4 Å². The molecule has 0 aliphatic heterocycles. The average molecular weight is 198 g/mol. The molecule has 1 nitrogen and oxygen atoms in total. The highest BCUT2D eigenvalue weighted by molar-refractivity contribution is 5.79. The summed E-state index contributed by atoms with van der Waals surface area (Å²) >= 11 is 0. The minimum atomic E-state index is 0.181. The fraction of sp³-hybridized carbons (Fsp3) is 0.923. The Labute approximate surface area is 89.3 Å². The molecule has 0 radical (unpaired) electrons. The molecule has 0 atom stereocenters. The van der Waals surface area contributed by atoms with Crippen LogP contribution in [-0.2, 0) is 4.79 Å². The third-order valence-corrected chi connectivity index (χ3v) is 3.27. The summed E-state index contributed by atoms with van der Waals surface area (Å²) in [5.74, 6) is 0.420. The average Bonchev–Trinajstić information content (AvgIpc) is 2.02. The lowest BCUT2D eigenvalue weighted by Crippen LogP contribution is -2.21. The molecular weight excluding hydrogens is 172 g/mol. The molecule has 0 heterocycles. The number of ketones is 1. The van der Waals surface area contributed by atoms with Crippen molar-refractivity contribution in [3.8, 4) is 0 Å². The summed E-state index contributed by atoms with van der Waals surface area (Å²) in [5.41, 5.74) is 0.363. The fourth-order valence-electron chi connectivity index (χ4n) is 1.38. The molecule has 84 valence electrons. The molecule has 0 rings (SSSR count). The molecule has 0 aromatic heterocycles. The lowest BCUT2D eigenvalue weighted by molar-refractivity contribution is -0.122. The zero-order valence-corrected chi connectivity index (χ0v) is 10.7. The van der Waals surface area contributed by atoms with Gasteiger partial charge in [0.15, 0.2) is 0 Å². The van der Waals surface area contributed by atoms with Gasteiger partial charge in [0.1, 0.15) is 5.78 Å². The predicted molar refractivity (Wildman–Crippen MR) is 62.4 cm³/mol. The Morgan fingerprint density at radius 3 is 1.36 bits per heavy atom. The number of carbonyl (C=O) groups is 1. The molecule has 0 N–H and O–H groups in total. The van der Waals surface area contributed by atoms with Crippen LogP contribution in [0.5, 0.6) is 0 Å². The van der Waals surface area contributed by atoms with Gasteiger partial charge in [-0.15, -0.1) is 0 Å². The SMILES string of the molecule is CCC(C)(C)CC(=O)CC(C)(C)CC. The summed E-state index contributed by atoms with van der Waals surface area (Å²) < 4.78 is 0. The molecule has 14 heavy (non-hydrogen) atoms. The molecule has 0 bridgehead atoms. The first-order valence-corrected chi connectivity index (χ1v) is 5.74. The van der Waals surface area contributed by atoms with E-state index in [-0.39, 0.29) is 10.8 Å². The second-order valence-corrected chi connectivity index (χ2v) is 5.93. The molecule has 0 spiro atoms.